The van der Waals surface area contributed by atoms with Crippen molar-refractivity contribution in [1.29, 1.82) is 0 Å². The van der Waals surface area contributed by atoms with Crippen molar-refractivity contribution in [1.82, 2.24) is 9.97 Å². The van der Waals surface area contributed by atoms with Crippen molar-refractivity contribution >= 4 is 5.82 Å². The van der Waals surface area contributed by atoms with Gasteiger partial charge in [-0.1, -0.05) is 13.8 Å². The summed E-state index contributed by atoms with van der Waals surface area (Å²) in [4.78, 5) is 10.6. The van der Waals surface area contributed by atoms with Crippen LogP contribution >= 0.6 is 0 Å². The zero-order chi connectivity index (χ0) is 13.5. The summed E-state index contributed by atoms with van der Waals surface area (Å²) in [7, 11) is 0. The number of rotatable bonds is 7. The minimum absolute atomic E-state index is 0.374. The van der Waals surface area contributed by atoms with Gasteiger partial charge in [0.25, 0.3) is 0 Å². The Kier molecular flexibility index (Phi) is 6.05. The molecule has 0 aliphatic carbocycles. The fourth-order valence-corrected chi connectivity index (χ4v) is 1.91. The lowest BCUT2D eigenvalue weighted by Gasteiger charge is -2.16. The SMILES string of the molecule is CC[NH+](CC)CCNc1cc(C)nc(C(C)C)n1. The summed E-state index contributed by atoms with van der Waals surface area (Å²) in [6, 6.07) is 2.02. The van der Waals surface area contributed by atoms with E-state index >= 15 is 0 Å². The van der Waals surface area contributed by atoms with Crippen LogP contribution in [-0.2, 0) is 0 Å². The third-order valence-electron chi connectivity index (χ3n) is 3.17. The molecule has 0 saturated carbocycles. The van der Waals surface area contributed by atoms with E-state index in [9.17, 15) is 0 Å². The summed E-state index contributed by atoms with van der Waals surface area (Å²) in [5.41, 5.74) is 1.03. The van der Waals surface area contributed by atoms with Crippen molar-refractivity contribution in [3.8, 4) is 0 Å². The molecule has 0 bridgehead atoms. The molecule has 0 amide bonds. The van der Waals surface area contributed by atoms with Crippen LogP contribution in [0.3, 0.4) is 0 Å². The summed E-state index contributed by atoms with van der Waals surface area (Å²) >= 11 is 0. The highest BCUT2D eigenvalue weighted by molar-refractivity contribution is 5.36. The largest absolute Gasteiger partial charge is 0.364 e. The second-order valence-corrected chi connectivity index (χ2v) is 5.04. The molecule has 2 N–H and O–H groups in total. The Labute approximate surface area is 111 Å². The minimum Gasteiger partial charge on any atom is -0.364 e. The highest BCUT2D eigenvalue weighted by atomic mass is 15.1. The third kappa shape index (κ3) is 4.61. The van der Waals surface area contributed by atoms with Crippen LogP contribution in [0.5, 0.6) is 0 Å². The first-order valence-electron chi connectivity index (χ1n) is 6.99. The van der Waals surface area contributed by atoms with Gasteiger partial charge in [-0.05, 0) is 20.8 Å². The number of nitrogens with zero attached hydrogens (tertiary/aromatic N) is 2. The molecule has 0 fully saturated rings. The number of aromatic nitrogens is 2. The van der Waals surface area contributed by atoms with Gasteiger partial charge in [0.2, 0.25) is 0 Å². The number of aryl methyl sites for hydroxylation is 1. The molecule has 0 aromatic carbocycles. The van der Waals surface area contributed by atoms with Gasteiger partial charge >= 0.3 is 0 Å². The summed E-state index contributed by atoms with van der Waals surface area (Å²) in [5.74, 6) is 2.25. The van der Waals surface area contributed by atoms with E-state index in [1.165, 1.54) is 13.1 Å². The lowest BCUT2D eigenvalue weighted by molar-refractivity contribution is -0.894. The molecular formula is C14H27N4+. The number of hydrogen-bond acceptors (Lipinski definition) is 3. The van der Waals surface area contributed by atoms with Crippen LogP contribution in [0.25, 0.3) is 0 Å². The van der Waals surface area contributed by atoms with Gasteiger partial charge in [-0.2, -0.15) is 0 Å². The molecule has 0 aliphatic heterocycles. The van der Waals surface area contributed by atoms with Gasteiger partial charge in [0, 0.05) is 17.7 Å². The van der Waals surface area contributed by atoms with Gasteiger partial charge in [0.15, 0.2) is 0 Å². The number of quaternary nitrogens is 1. The summed E-state index contributed by atoms with van der Waals surface area (Å²) in [5, 5.41) is 3.41. The van der Waals surface area contributed by atoms with Crippen LogP contribution < -0.4 is 10.2 Å². The first-order chi connectivity index (χ1) is 8.56. The normalized spacial score (nSPS) is 11.3. The van der Waals surface area contributed by atoms with Gasteiger partial charge < -0.3 is 10.2 Å². The number of likely N-dealkylation sites (N-methyl/N-ethyl adjacent to an activating group) is 1. The third-order valence-corrected chi connectivity index (χ3v) is 3.17. The van der Waals surface area contributed by atoms with Crippen molar-refractivity contribution in [3.63, 3.8) is 0 Å². The van der Waals surface area contributed by atoms with Crippen LogP contribution in [0.2, 0.25) is 0 Å². The van der Waals surface area contributed by atoms with Gasteiger partial charge in [-0.15, -0.1) is 0 Å². The van der Waals surface area contributed by atoms with E-state index in [0.717, 1.165) is 30.4 Å². The van der Waals surface area contributed by atoms with E-state index in [1.807, 2.05) is 13.0 Å². The van der Waals surface area contributed by atoms with Crippen molar-refractivity contribution in [3.05, 3.63) is 17.6 Å². The number of hydrogen-bond donors (Lipinski definition) is 2. The Hall–Kier alpha value is -1.16. The number of anilines is 1. The second kappa shape index (κ2) is 7.31. The second-order valence-electron chi connectivity index (χ2n) is 5.04. The first-order valence-corrected chi connectivity index (χ1v) is 6.99. The zero-order valence-corrected chi connectivity index (χ0v) is 12.4. The fraction of sp³-hybridized carbons (Fsp3) is 0.714. The highest BCUT2D eigenvalue weighted by Crippen LogP contribution is 2.13. The van der Waals surface area contributed by atoms with Crippen molar-refractivity contribution in [2.24, 2.45) is 0 Å². The highest BCUT2D eigenvalue weighted by Gasteiger charge is 2.07. The molecule has 0 radical (unpaired) electrons. The fourth-order valence-electron chi connectivity index (χ4n) is 1.91. The zero-order valence-electron chi connectivity index (χ0n) is 12.4. The van der Waals surface area contributed by atoms with E-state index < -0.39 is 0 Å². The van der Waals surface area contributed by atoms with Crippen LogP contribution in [0, 0.1) is 6.92 Å². The Morgan fingerprint density at radius 2 is 1.89 bits per heavy atom. The van der Waals surface area contributed by atoms with Crippen LogP contribution in [0.15, 0.2) is 6.07 Å². The maximum Gasteiger partial charge on any atom is 0.133 e. The van der Waals surface area contributed by atoms with Gasteiger partial charge in [0.05, 0.1) is 26.2 Å². The Bertz CT molecular complexity index is 359. The molecule has 4 heteroatoms. The molecule has 1 aromatic heterocycles. The molecular weight excluding hydrogens is 224 g/mol. The first kappa shape index (κ1) is 14.9. The molecule has 1 rings (SSSR count). The van der Waals surface area contributed by atoms with E-state index in [1.54, 1.807) is 4.90 Å². The minimum atomic E-state index is 0.374. The lowest BCUT2D eigenvalue weighted by atomic mass is 10.2. The molecule has 18 heavy (non-hydrogen) atoms. The smallest absolute Gasteiger partial charge is 0.133 e. The quantitative estimate of drug-likeness (QED) is 0.766. The van der Waals surface area contributed by atoms with E-state index in [2.05, 4.69) is 43.0 Å². The molecule has 102 valence electrons. The molecule has 1 heterocycles. The predicted octanol–water partition coefficient (Wildman–Crippen LogP) is 1.25. The lowest BCUT2D eigenvalue weighted by Crippen LogP contribution is -3.12. The molecule has 0 unspecified atom stereocenters. The predicted molar refractivity (Wildman–Crippen MR) is 76.3 cm³/mol. The van der Waals surface area contributed by atoms with Gasteiger partial charge in [-0.25, -0.2) is 9.97 Å². The molecule has 0 spiro atoms. The van der Waals surface area contributed by atoms with Crippen LogP contribution in [-0.4, -0.2) is 36.1 Å². The maximum atomic E-state index is 4.55. The Morgan fingerprint density at radius 3 is 2.44 bits per heavy atom. The van der Waals surface area contributed by atoms with E-state index in [4.69, 9.17) is 0 Å². The summed E-state index contributed by atoms with van der Waals surface area (Å²) in [6.45, 7) is 15.2. The molecule has 0 atom stereocenters. The van der Waals surface area contributed by atoms with E-state index in [-0.39, 0.29) is 0 Å². The van der Waals surface area contributed by atoms with Crippen LogP contribution in [0.1, 0.15) is 45.1 Å². The topological polar surface area (TPSA) is 42.2 Å². The average molecular weight is 251 g/mol. The molecule has 1 aromatic rings. The van der Waals surface area contributed by atoms with Crippen LogP contribution in [0.4, 0.5) is 5.82 Å². The van der Waals surface area contributed by atoms with E-state index in [0.29, 0.717) is 5.92 Å². The van der Waals surface area contributed by atoms with Crippen molar-refractivity contribution < 1.29 is 4.90 Å². The monoisotopic (exact) mass is 251 g/mol. The van der Waals surface area contributed by atoms with Crippen molar-refractivity contribution in [2.75, 3.05) is 31.5 Å². The number of nitrogens with one attached hydrogen (secondary N) is 2. The Balaban J connectivity index is 2.56. The van der Waals surface area contributed by atoms with Crippen molar-refractivity contribution in [2.45, 2.75) is 40.5 Å². The van der Waals surface area contributed by atoms with Gasteiger partial charge in [0.1, 0.15) is 11.6 Å². The molecule has 0 aliphatic rings. The Morgan fingerprint density at radius 1 is 1.22 bits per heavy atom. The molecule has 0 saturated heterocycles. The summed E-state index contributed by atoms with van der Waals surface area (Å²) < 4.78 is 0. The maximum absolute atomic E-state index is 4.55. The standard InChI is InChI=1S/C14H26N4/c1-6-18(7-2)9-8-15-13-10-12(5)16-14(17-13)11(3)4/h10-11H,6-9H2,1-5H3,(H,15,16,17)/p+1. The van der Waals surface area contributed by atoms with Gasteiger partial charge in [-0.3, -0.25) is 0 Å². The summed E-state index contributed by atoms with van der Waals surface area (Å²) in [6.07, 6.45) is 0. The molecule has 4 nitrogen and oxygen atoms in total. The average Bonchev–Trinajstić information content (AvgIpc) is 2.34.